The predicted molar refractivity (Wildman–Crippen MR) is 54.9 cm³/mol. The van der Waals surface area contributed by atoms with Crippen LogP contribution in [0.15, 0.2) is 24.3 Å². The van der Waals surface area contributed by atoms with Gasteiger partial charge in [-0.2, -0.15) is 0 Å². The Balaban J connectivity index is 1.95. The number of nitrogens with one attached hydrogen (secondary N) is 1. The van der Waals surface area contributed by atoms with Crippen molar-refractivity contribution < 1.29 is 5.11 Å². The number of para-hydroxylation sites is 1. The summed E-state index contributed by atoms with van der Waals surface area (Å²) in [4.78, 5) is 2.30. The Labute approximate surface area is 83.3 Å². The van der Waals surface area contributed by atoms with Crippen molar-refractivity contribution in [1.82, 2.24) is 4.90 Å². The fourth-order valence-corrected chi connectivity index (χ4v) is 2.38. The van der Waals surface area contributed by atoms with E-state index in [1.807, 2.05) is 6.07 Å². The number of rotatable bonds is 0. The van der Waals surface area contributed by atoms with Crippen LogP contribution in [-0.4, -0.2) is 28.8 Å². The van der Waals surface area contributed by atoms with E-state index in [0.717, 1.165) is 19.5 Å². The van der Waals surface area contributed by atoms with E-state index in [9.17, 15) is 5.11 Å². The Bertz CT molecular complexity index is 353. The molecule has 0 radical (unpaired) electrons. The molecule has 2 atom stereocenters. The molecule has 2 aliphatic rings. The van der Waals surface area contributed by atoms with Crippen LogP contribution in [0.3, 0.4) is 0 Å². The molecule has 1 aromatic carbocycles. The lowest BCUT2D eigenvalue weighted by molar-refractivity contribution is 0.124. The maximum Gasteiger partial charge on any atom is 0.106 e. The topological polar surface area (TPSA) is 35.5 Å². The van der Waals surface area contributed by atoms with Gasteiger partial charge in [0.05, 0.1) is 6.10 Å². The summed E-state index contributed by atoms with van der Waals surface area (Å²) >= 11 is 0. The van der Waals surface area contributed by atoms with Crippen LogP contribution in [0.5, 0.6) is 0 Å². The lowest BCUT2D eigenvalue weighted by atomic mass is 10.1. The van der Waals surface area contributed by atoms with Crippen molar-refractivity contribution in [1.29, 1.82) is 0 Å². The summed E-state index contributed by atoms with van der Waals surface area (Å²) in [5, 5.41) is 13.1. The van der Waals surface area contributed by atoms with E-state index in [2.05, 4.69) is 28.4 Å². The van der Waals surface area contributed by atoms with E-state index in [-0.39, 0.29) is 12.3 Å². The minimum Gasteiger partial charge on any atom is -0.390 e. The molecular weight excluding hydrogens is 176 g/mol. The number of fused-ring (bicyclic) bond motifs is 2. The minimum atomic E-state index is -0.219. The zero-order valence-electron chi connectivity index (χ0n) is 7.98. The molecule has 0 spiro atoms. The standard InChI is InChI=1S/C11H14N2O/c14-10-5-6-13-7-8-3-1-2-4-9(8)12-11(10)13/h1-4,10-12,14H,5-7H2. The Morgan fingerprint density at radius 1 is 1.36 bits per heavy atom. The molecule has 1 fully saturated rings. The Kier molecular flexibility index (Phi) is 1.75. The van der Waals surface area contributed by atoms with Crippen molar-refractivity contribution in [3.8, 4) is 0 Å². The van der Waals surface area contributed by atoms with Gasteiger partial charge in [-0.1, -0.05) is 18.2 Å². The highest BCUT2D eigenvalue weighted by Gasteiger charge is 2.35. The van der Waals surface area contributed by atoms with Gasteiger partial charge in [0.25, 0.3) is 0 Å². The summed E-state index contributed by atoms with van der Waals surface area (Å²) in [6.45, 7) is 1.96. The molecule has 0 amide bonds. The van der Waals surface area contributed by atoms with Gasteiger partial charge in [-0.05, 0) is 18.1 Å². The molecule has 3 nitrogen and oxygen atoms in total. The van der Waals surface area contributed by atoms with Crippen LogP contribution in [0.25, 0.3) is 0 Å². The van der Waals surface area contributed by atoms with Crippen molar-refractivity contribution in [3.05, 3.63) is 29.8 Å². The van der Waals surface area contributed by atoms with Gasteiger partial charge in [0.2, 0.25) is 0 Å². The van der Waals surface area contributed by atoms with Crippen LogP contribution in [0.2, 0.25) is 0 Å². The van der Waals surface area contributed by atoms with E-state index in [1.54, 1.807) is 0 Å². The highest BCUT2D eigenvalue weighted by Crippen LogP contribution is 2.30. The SMILES string of the molecule is OC1CCN2Cc3ccccc3NC12. The van der Waals surface area contributed by atoms with Crippen LogP contribution in [0.1, 0.15) is 12.0 Å². The number of hydrogen-bond donors (Lipinski definition) is 2. The molecule has 3 heteroatoms. The number of aliphatic hydroxyl groups excluding tert-OH is 1. The zero-order chi connectivity index (χ0) is 9.54. The van der Waals surface area contributed by atoms with Gasteiger partial charge in [-0.15, -0.1) is 0 Å². The second kappa shape index (κ2) is 2.97. The third-order valence-corrected chi connectivity index (χ3v) is 3.16. The molecular formula is C11H14N2O. The Morgan fingerprint density at radius 3 is 3.14 bits per heavy atom. The maximum atomic E-state index is 9.75. The summed E-state index contributed by atoms with van der Waals surface area (Å²) in [6, 6.07) is 8.32. The van der Waals surface area contributed by atoms with E-state index in [0.29, 0.717) is 0 Å². The quantitative estimate of drug-likeness (QED) is 0.640. The highest BCUT2D eigenvalue weighted by atomic mass is 16.3. The van der Waals surface area contributed by atoms with Crippen molar-refractivity contribution in [2.24, 2.45) is 0 Å². The summed E-state index contributed by atoms with van der Waals surface area (Å²) in [5.41, 5.74) is 2.51. The fourth-order valence-electron chi connectivity index (χ4n) is 2.38. The lowest BCUT2D eigenvalue weighted by Crippen LogP contribution is -2.44. The van der Waals surface area contributed by atoms with Crippen molar-refractivity contribution in [2.75, 3.05) is 11.9 Å². The number of aliphatic hydroxyl groups is 1. The van der Waals surface area contributed by atoms with Gasteiger partial charge < -0.3 is 10.4 Å². The van der Waals surface area contributed by atoms with Gasteiger partial charge in [0.1, 0.15) is 6.17 Å². The summed E-state index contributed by atoms with van der Waals surface area (Å²) in [5.74, 6) is 0. The van der Waals surface area contributed by atoms with Gasteiger partial charge in [0.15, 0.2) is 0 Å². The normalized spacial score (nSPS) is 30.6. The van der Waals surface area contributed by atoms with Gasteiger partial charge in [0, 0.05) is 18.8 Å². The first-order valence-corrected chi connectivity index (χ1v) is 5.11. The molecule has 0 aromatic heterocycles. The molecule has 14 heavy (non-hydrogen) atoms. The van der Waals surface area contributed by atoms with E-state index >= 15 is 0 Å². The molecule has 1 aromatic rings. The zero-order valence-corrected chi connectivity index (χ0v) is 7.98. The largest absolute Gasteiger partial charge is 0.390 e. The number of hydrogen-bond acceptors (Lipinski definition) is 3. The summed E-state index contributed by atoms with van der Waals surface area (Å²) < 4.78 is 0. The molecule has 2 heterocycles. The second-order valence-electron chi connectivity index (χ2n) is 4.07. The summed E-state index contributed by atoms with van der Waals surface area (Å²) in [7, 11) is 0. The fraction of sp³-hybridized carbons (Fsp3) is 0.455. The van der Waals surface area contributed by atoms with Crippen molar-refractivity contribution in [2.45, 2.75) is 25.2 Å². The molecule has 74 valence electrons. The highest BCUT2D eigenvalue weighted by molar-refractivity contribution is 5.53. The van der Waals surface area contributed by atoms with Gasteiger partial charge in [-0.3, -0.25) is 4.90 Å². The second-order valence-corrected chi connectivity index (χ2v) is 4.07. The molecule has 0 bridgehead atoms. The molecule has 0 aliphatic carbocycles. The van der Waals surface area contributed by atoms with Crippen LogP contribution in [-0.2, 0) is 6.54 Å². The molecule has 2 aliphatic heterocycles. The molecule has 2 unspecified atom stereocenters. The molecule has 2 N–H and O–H groups in total. The van der Waals surface area contributed by atoms with Crippen LogP contribution < -0.4 is 5.32 Å². The van der Waals surface area contributed by atoms with E-state index < -0.39 is 0 Å². The van der Waals surface area contributed by atoms with E-state index in [4.69, 9.17) is 0 Å². The lowest BCUT2D eigenvalue weighted by Gasteiger charge is -2.34. The first-order chi connectivity index (χ1) is 6.84. The summed E-state index contributed by atoms with van der Waals surface area (Å²) in [6.07, 6.45) is 0.791. The Hall–Kier alpha value is -1.06. The van der Waals surface area contributed by atoms with Crippen LogP contribution >= 0.6 is 0 Å². The Morgan fingerprint density at radius 2 is 2.21 bits per heavy atom. The smallest absolute Gasteiger partial charge is 0.106 e. The van der Waals surface area contributed by atoms with Gasteiger partial charge >= 0.3 is 0 Å². The average molecular weight is 190 g/mol. The van der Waals surface area contributed by atoms with Crippen LogP contribution in [0, 0.1) is 0 Å². The first-order valence-electron chi connectivity index (χ1n) is 5.11. The molecule has 3 rings (SSSR count). The molecule has 0 saturated carbocycles. The minimum absolute atomic E-state index is 0.130. The van der Waals surface area contributed by atoms with Crippen molar-refractivity contribution in [3.63, 3.8) is 0 Å². The van der Waals surface area contributed by atoms with Crippen LogP contribution in [0.4, 0.5) is 5.69 Å². The third-order valence-electron chi connectivity index (χ3n) is 3.16. The predicted octanol–water partition coefficient (Wildman–Crippen LogP) is 1.00. The third kappa shape index (κ3) is 1.13. The van der Waals surface area contributed by atoms with Crippen molar-refractivity contribution >= 4 is 5.69 Å². The first kappa shape index (κ1) is 8.26. The number of nitrogens with zero attached hydrogens (tertiary/aromatic N) is 1. The maximum absolute atomic E-state index is 9.75. The average Bonchev–Trinajstić information content (AvgIpc) is 2.57. The van der Waals surface area contributed by atoms with E-state index in [1.165, 1.54) is 11.3 Å². The van der Waals surface area contributed by atoms with Gasteiger partial charge in [-0.25, -0.2) is 0 Å². The molecule has 1 saturated heterocycles. The number of anilines is 1. The number of benzene rings is 1. The monoisotopic (exact) mass is 190 g/mol.